The minimum absolute atomic E-state index is 0.0246. The molecule has 11 rings (SSSR count). The van der Waals surface area contributed by atoms with E-state index in [-0.39, 0.29) is 21.7 Å². The number of fused-ring (bicyclic) bond motifs is 16. The number of benzene rings is 5. The summed E-state index contributed by atoms with van der Waals surface area (Å²) in [6.07, 6.45) is 2.20. The number of hydrogen-bond acceptors (Lipinski definition) is 1. The quantitative estimate of drug-likeness (QED) is 0.166. The van der Waals surface area contributed by atoms with Crippen LogP contribution in [0.3, 0.4) is 0 Å². The van der Waals surface area contributed by atoms with Gasteiger partial charge in [-0.05, 0) is 81.0 Å². The van der Waals surface area contributed by atoms with Crippen LogP contribution in [0.5, 0.6) is 0 Å². The predicted molar refractivity (Wildman–Crippen MR) is 202 cm³/mol. The van der Waals surface area contributed by atoms with Crippen LogP contribution in [-0.2, 0) is 21.7 Å². The second kappa shape index (κ2) is 7.74. The predicted octanol–water partition coefficient (Wildman–Crippen LogP) is 11.8. The van der Waals surface area contributed by atoms with Crippen LogP contribution in [0.25, 0.3) is 76.2 Å². The van der Waals surface area contributed by atoms with Gasteiger partial charge in [-0.2, -0.15) is 5.26 Å². The molecule has 2 aliphatic rings. The Balaban J connectivity index is 1.34. The fraction of sp³-hybridized carbons (Fsp3) is 0.311. The largest absolute Gasteiger partial charge is 0.308 e. The summed E-state index contributed by atoms with van der Waals surface area (Å²) in [4.78, 5) is 0. The molecule has 0 spiro atoms. The first-order chi connectivity index (χ1) is 22.7. The third-order valence-electron chi connectivity index (χ3n) is 12.9. The highest BCUT2D eigenvalue weighted by Crippen LogP contribution is 2.57. The van der Waals surface area contributed by atoms with Gasteiger partial charge in [0.2, 0.25) is 0 Å². The molecule has 9 aromatic rings. The molecule has 0 saturated carbocycles. The van der Waals surface area contributed by atoms with Crippen molar-refractivity contribution in [2.24, 2.45) is 0 Å². The van der Waals surface area contributed by atoms with E-state index in [9.17, 15) is 5.26 Å². The number of hydrogen-bond donors (Lipinski definition) is 0. The first-order valence-corrected chi connectivity index (χ1v) is 17.6. The van der Waals surface area contributed by atoms with E-state index in [0.717, 1.165) is 18.4 Å². The van der Waals surface area contributed by atoms with Crippen LogP contribution in [0.2, 0.25) is 0 Å². The van der Waals surface area contributed by atoms with Gasteiger partial charge in [-0.3, -0.25) is 0 Å². The van der Waals surface area contributed by atoms with Gasteiger partial charge in [0.25, 0.3) is 0 Å². The number of rotatable bonds is 0. The molecule has 0 radical (unpaired) electrons. The first kappa shape index (κ1) is 27.2. The van der Waals surface area contributed by atoms with Crippen molar-refractivity contribution in [2.45, 2.75) is 89.9 Å². The van der Waals surface area contributed by atoms with Crippen molar-refractivity contribution in [3.05, 3.63) is 94.5 Å². The number of aromatic nitrogens is 2. The summed E-state index contributed by atoms with van der Waals surface area (Å²) in [6, 6.07) is 28.4. The zero-order valence-corrected chi connectivity index (χ0v) is 29.1. The fourth-order valence-electron chi connectivity index (χ4n) is 12.0. The summed E-state index contributed by atoms with van der Waals surface area (Å²) in [5.74, 6) is 0. The van der Waals surface area contributed by atoms with Gasteiger partial charge in [0.1, 0.15) is 0 Å². The van der Waals surface area contributed by atoms with Gasteiger partial charge in [-0.1, -0.05) is 97.9 Å². The van der Waals surface area contributed by atoms with Crippen molar-refractivity contribution in [3.8, 4) is 6.07 Å². The van der Waals surface area contributed by atoms with Gasteiger partial charge in [-0.25, -0.2) is 0 Å². The normalized spacial score (nSPS) is 19.3. The Morgan fingerprint density at radius 2 is 1.00 bits per heavy atom. The maximum absolute atomic E-state index is 10.5. The van der Waals surface area contributed by atoms with Crippen LogP contribution >= 0.6 is 0 Å². The van der Waals surface area contributed by atoms with Crippen molar-refractivity contribution in [2.75, 3.05) is 0 Å². The molecule has 0 aliphatic heterocycles. The molecule has 4 aromatic heterocycles. The lowest BCUT2D eigenvalue weighted by molar-refractivity contribution is 0.403. The van der Waals surface area contributed by atoms with Crippen LogP contribution in [0.1, 0.15) is 96.0 Å². The molecule has 0 fully saturated rings. The number of nitriles is 1. The Morgan fingerprint density at radius 1 is 0.500 bits per heavy atom. The molecule has 234 valence electrons. The Bertz CT molecular complexity index is 3000. The molecule has 0 atom stereocenters. The van der Waals surface area contributed by atoms with Crippen molar-refractivity contribution >= 4 is 76.2 Å². The summed E-state index contributed by atoms with van der Waals surface area (Å²) in [6.45, 7) is 19.1. The second-order valence-corrected chi connectivity index (χ2v) is 17.9. The van der Waals surface area contributed by atoms with Crippen molar-refractivity contribution in [1.82, 2.24) is 8.80 Å². The van der Waals surface area contributed by atoms with E-state index in [0.29, 0.717) is 0 Å². The molecular formula is C45H39N3. The highest BCUT2D eigenvalue weighted by molar-refractivity contribution is 6.29. The number of nitrogens with zero attached hydrogens (tertiary/aromatic N) is 3. The van der Waals surface area contributed by atoms with E-state index in [1.807, 2.05) is 0 Å². The average molecular weight is 622 g/mol. The van der Waals surface area contributed by atoms with E-state index in [1.54, 1.807) is 0 Å². The molecule has 3 heteroatoms. The lowest BCUT2D eigenvalue weighted by Gasteiger charge is -2.23. The SMILES string of the molecule is CC1(C)CC(C)(C)c2c1ccc1c2c2cccc3c4cc5c(cc4n1c32)c1cccc2c3c4c(c(C#N)cc3n5c12)C(C)(C)CC4(C)C. The third kappa shape index (κ3) is 2.80. The Hall–Kier alpha value is -4.81. The fourth-order valence-corrected chi connectivity index (χ4v) is 12.0. The summed E-state index contributed by atoms with van der Waals surface area (Å²) < 4.78 is 5.05. The summed E-state index contributed by atoms with van der Waals surface area (Å²) in [5, 5.41) is 21.2. The van der Waals surface area contributed by atoms with E-state index < -0.39 is 0 Å². The third-order valence-corrected chi connectivity index (χ3v) is 12.9. The molecule has 2 aliphatic carbocycles. The molecule has 0 amide bonds. The standard InChI is InChI=1S/C45H39N3/c1-42(2)21-44(5,6)38-30(42)15-16-31-35(38)26-13-9-11-24-28-19-33-29(18-32(28)47(31)40(24)26)25-12-10-14-27-36-34(48(33)41(25)27)17-23(20-46)37-39(36)45(7,8)22-43(37,3)4/h9-19H,21-22H2,1-8H3. The van der Waals surface area contributed by atoms with Gasteiger partial charge in [0.05, 0.1) is 44.7 Å². The van der Waals surface area contributed by atoms with Gasteiger partial charge < -0.3 is 8.80 Å². The minimum Gasteiger partial charge on any atom is -0.308 e. The van der Waals surface area contributed by atoms with Crippen LogP contribution in [0, 0.1) is 11.3 Å². The van der Waals surface area contributed by atoms with E-state index in [4.69, 9.17) is 0 Å². The lowest BCUT2D eigenvalue weighted by Crippen LogP contribution is -2.18. The van der Waals surface area contributed by atoms with Crippen LogP contribution < -0.4 is 0 Å². The monoisotopic (exact) mass is 621 g/mol. The molecule has 0 unspecified atom stereocenters. The highest BCUT2D eigenvalue weighted by Gasteiger charge is 2.46. The molecule has 4 heterocycles. The zero-order valence-electron chi connectivity index (χ0n) is 29.1. The van der Waals surface area contributed by atoms with Crippen LogP contribution in [0.4, 0.5) is 0 Å². The maximum Gasteiger partial charge on any atom is 0.0995 e. The van der Waals surface area contributed by atoms with E-state index >= 15 is 0 Å². The first-order valence-electron chi connectivity index (χ1n) is 17.6. The van der Waals surface area contributed by atoms with Gasteiger partial charge in [0, 0.05) is 43.1 Å². The number of para-hydroxylation sites is 2. The van der Waals surface area contributed by atoms with Gasteiger partial charge in [0.15, 0.2) is 0 Å². The smallest absolute Gasteiger partial charge is 0.0995 e. The molecular weight excluding hydrogens is 583 g/mol. The van der Waals surface area contributed by atoms with Gasteiger partial charge >= 0.3 is 0 Å². The Kier molecular flexibility index (Phi) is 4.38. The Labute approximate surface area is 280 Å². The minimum atomic E-state index is -0.0486. The van der Waals surface area contributed by atoms with Crippen molar-refractivity contribution in [3.63, 3.8) is 0 Å². The maximum atomic E-state index is 10.5. The van der Waals surface area contributed by atoms with Crippen molar-refractivity contribution < 1.29 is 0 Å². The van der Waals surface area contributed by atoms with Gasteiger partial charge in [-0.15, -0.1) is 0 Å². The van der Waals surface area contributed by atoms with E-state index in [1.165, 1.54) is 98.4 Å². The van der Waals surface area contributed by atoms with Crippen LogP contribution in [-0.4, -0.2) is 8.80 Å². The lowest BCUT2D eigenvalue weighted by atomic mass is 9.81. The summed E-state index contributed by atoms with van der Waals surface area (Å²) >= 11 is 0. The molecule has 0 N–H and O–H groups in total. The summed E-state index contributed by atoms with van der Waals surface area (Å²) in [7, 11) is 0. The average Bonchev–Trinajstić information content (AvgIpc) is 3.80. The zero-order chi connectivity index (χ0) is 33.0. The molecule has 0 saturated heterocycles. The molecule has 3 nitrogen and oxygen atoms in total. The summed E-state index contributed by atoms with van der Waals surface area (Å²) in [5.41, 5.74) is 14.3. The highest BCUT2D eigenvalue weighted by atomic mass is 14.9. The molecule has 5 aromatic carbocycles. The topological polar surface area (TPSA) is 32.6 Å². The second-order valence-electron chi connectivity index (χ2n) is 17.9. The van der Waals surface area contributed by atoms with E-state index in [2.05, 4.69) is 137 Å². The molecule has 0 bridgehead atoms. The van der Waals surface area contributed by atoms with Crippen LogP contribution in [0.15, 0.2) is 66.7 Å². The van der Waals surface area contributed by atoms with Crippen molar-refractivity contribution in [1.29, 1.82) is 5.26 Å². The molecule has 48 heavy (non-hydrogen) atoms. The Morgan fingerprint density at radius 3 is 1.60 bits per heavy atom.